The Labute approximate surface area is 93.2 Å². The molecule has 78 valence electrons. The van der Waals surface area contributed by atoms with Crippen LogP contribution in [0.25, 0.3) is 0 Å². The van der Waals surface area contributed by atoms with Gasteiger partial charge >= 0.3 is 6.03 Å². The van der Waals surface area contributed by atoms with Crippen molar-refractivity contribution in [2.75, 3.05) is 11.4 Å². The first kappa shape index (κ1) is 10.1. The molecule has 1 N–H and O–H groups in total. The Morgan fingerprint density at radius 2 is 2.07 bits per heavy atom. The van der Waals surface area contributed by atoms with E-state index in [4.69, 9.17) is 0 Å². The molecular formula is C9H6BrFN2O2. The van der Waals surface area contributed by atoms with Crippen molar-refractivity contribution in [3.05, 3.63) is 28.5 Å². The molecule has 1 fully saturated rings. The second kappa shape index (κ2) is 3.62. The van der Waals surface area contributed by atoms with Gasteiger partial charge in [0.05, 0.1) is 12.2 Å². The first-order chi connectivity index (χ1) is 7.08. The molecule has 1 aliphatic rings. The zero-order valence-corrected chi connectivity index (χ0v) is 9.04. The van der Waals surface area contributed by atoms with E-state index in [1.54, 1.807) is 0 Å². The molecule has 0 aliphatic carbocycles. The molecule has 0 aromatic heterocycles. The minimum atomic E-state index is -0.530. The maximum absolute atomic E-state index is 13.0. The van der Waals surface area contributed by atoms with E-state index in [-0.39, 0.29) is 12.2 Å². The molecule has 1 aromatic carbocycles. The van der Waals surface area contributed by atoms with E-state index < -0.39 is 17.8 Å². The first-order valence-corrected chi connectivity index (χ1v) is 4.94. The standard InChI is InChI=1S/C9H6BrFN2O2/c10-5-1-6(11)3-7(2-5)13-8(14)4-12-9(13)15/h1-3H,4H2,(H,12,15). The maximum Gasteiger partial charge on any atom is 0.329 e. The summed E-state index contributed by atoms with van der Waals surface area (Å²) in [7, 11) is 0. The Morgan fingerprint density at radius 3 is 2.60 bits per heavy atom. The van der Waals surface area contributed by atoms with Gasteiger partial charge in [-0.2, -0.15) is 0 Å². The number of rotatable bonds is 1. The smallest absolute Gasteiger partial charge is 0.328 e. The zero-order chi connectivity index (χ0) is 11.0. The van der Waals surface area contributed by atoms with Crippen LogP contribution >= 0.6 is 15.9 Å². The topological polar surface area (TPSA) is 49.4 Å². The number of carbonyl (C=O) groups excluding carboxylic acids is 2. The molecule has 4 nitrogen and oxygen atoms in total. The number of urea groups is 1. The Kier molecular flexibility index (Phi) is 2.44. The quantitative estimate of drug-likeness (QED) is 0.791. The lowest BCUT2D eigenvalue weighted by atomic mass is 10.3. The van der Waals surface area contributed by atoms with Crippen molar-refractivity contribution < 1.29 is 14.0 Å². The van der Waals surface area contributed by atoms with Gasteiger partial charge in [0.1, 0.15) is 5.82 Å². The van der Waals surface area contributed by atoms with Crippen molar-refractivity contribution in [2.45, 2.75) is 0 Å². The highest BCUT2D eigenvalue weighted by Gasteiger charge is 2.30. The largest absolute Gasteiger partial charge is 0.329 e. The van der Waals surface area contributed by atoms with E-state index in [1.807, 2.05) is 0 Å². The van der Waals surface area contributed by atoms with Crippen molar-refractivity contribution in [2.24, 2.45) is 0 Å². The van der Waals surface area contributed by atoms with Crippen LogP contribution in [0.5, 0.6) is 0 Å². The fourth-order valence-corrected chi connectivity index (χ4v) is 1.81. The van der Waals surface area contributed by atoms with Crippen LogP contribution in [0.2, 0.25) is 0 Å². The van der Waals surface area contributed by atoms with Gasteiger partial charge in [-0.1, -0.05) is 15.9 Å². The molecule has 3 amide bonds. The molecule has 15 heavy (non-hydrogen) atoms. The van der Waals surface area contributed by atoms with E-state index in [9.17, 15) is 14.0 Å². The van der Waals surface area contributed by atoms with Gasteiger partial charge in [0, 0.05) is 4.47 Å². The normalized spacial score (nSPS) is 15.7. The predicted molar refractivity (Wildman–Crippen MR) is 55.0 cm³/mol. The third-order valence-electron chi connectivity index (χ3n) is 1.95. The molecule has 6 heteroatoms. The summed E-state index contributed by atoms with van der Waals surface area (Å²) in [4.78, 5) is 23.5. The Morgan fingerprint density at radius 1 is 1.33 bits per heavy atom. The molecule has 0 unspecified atom stereocenters. The number of hydrogen-bond acceptors (Lipinski definition) is 2. The summed E-state index contributed by atoms with van der Waals surface area (Å²) < 4.78 is 13.5. The molecule has 0 spiro atoms. The second-order valence-electron chi connectivity index (χ2n) is 3.02. The summed E-state index contributed by atoms with van der Waals surface area (Å²) in [6, 6.07) is 3.36. The highest BCUT2D eigenvalue weighted by atomic mass is 79.9. The number of anilines is 1. The average Bonchev–Trinajstić information content (AvgIpc) is 2.44. The van der Waals surface area contributed by atoms with Crippen LogP contribution in [0.15, 0.2) is 22.7 Å². The molecule has 0 bridgehead atoms. The van der Waals surface area contributed by atoms with Crippen LogP contribution in [0.3, 0.4) is 0 Å². The molecule has 1 aromatic rings. The van der Waals surface area contributed by atoms with Gasteiger partial charge in [0.15, 0.2) is 0 Å². The lowest BCUT2D eigenvalue weighted by Gasteiger charge is -2.12. The Balaban J connectivity index is 2.44. The lowest BCUT2D eigenvalue weighted by molar-refractivity contribution is -0.115. The van der Waals surface area contributed by atoms with Gasteiger partial charge in [0.2, 0.25) is 0 Å². The van der Waals surface area contributed by atoms with E-state index in [0.29, 0.717) is 4.47 Å². The van der Waals surface area contributed by atoms with Crippen LogP contribution in [0.1, 0.15) is 0 Å². The SMILES string of the molecule is O=C1CNC(=O)N1c1cc(F)cc(Br)c1. The summed E-state index contributed by atoms with van der Waals surface area (Å²) in [6.45, 7) is -0.0486. The highest BCUT2D eigenvalue weighted by molar-refractivity contribution is 9.10. The summed E-state index contributed by atoms with van der Waals surface area (Å²) in [5, 5.41) is 2.36. The minimum absolute atomic E-state index is 0.0486. The maximum atomic E-state index is 13.0. The molecular weight excluding hydrogens is 267 g/mol. The van der Waals surface area contributed by atoms with Crippen LogP contribution in [0, 0.1) is 5.82 Å². The van der Waals surface area contributed by atoms with Gasteiger partial charge in [-0.15, -0.1) is 0 Å². The molecule has 0 radical (unpaired) electrons. The number of carbonyl (C=O) groups is 2. The highest BCUT2D eigenvalue weighted by Crippen LogP contribution is 2.23. The van der Waals surface area contributed by atoms with Gasteiger partial charge < -0.3 is 5.32 Å². The van der Waals surface area contributed by atoms with Gasteiger partial charge in [-0.3, -0.25) is 4.79 Å². The van der Waals surface area contributed by atoms with Gasteiger partial charge in [0.25, 0.3) is 5.91 Å². The number of amides is 3. The van der Waals surface area contributed by atoms with Crippen LogP contribution < -0.4 is 10.2 Å². The van der Waals surface area contributed by atoms with Crippen LogP contribution in [-0.4, -0.2) is 18.5 Å². The summed E-state index contributed by atoms with van der Waals surface area (Å²) >= 11 is 3.09. The van der Waals surface area contributed by atoms with Crippen molar-refractivity contribution >= 4 is 33.6 Å². The average molecular weight is 273 g/mol. The first-order valence-electron chi connectivity index (χ1n) is 4.15. The predicted octanol–water partition coefficient (Wildman–Crippen LogP) is 1.64. The number of imide groups is 1. The van der Waals surface area contributed by atoms with Crippen LogP contribution in [0.4, 0.5) is 14.9 Å². The fraction of sp³-hybridized carbons (Fsp3) is 0.111. The van der Waals surface area contributed by atoms with Crippen LogP contribution in [-0.2, 0) is 4.79 Å². The van der Waals surface area contributed by atoms with Crippen molar-refractivity contribution in [1.82, 2.24) is 5.32 Å². The van der Waals surface area contributed by atoms with Crippen molar-refractivity contribution in [3.8, 4) is 0 Å². The molecule has 1 heterocycles. The molecule has 0 atom stereocenters. The lowest BCUT2D eigenvalue weighted by Crippen LogP contribution is -2.30. The third-order valence-corrected chi connectivity index (χ3v) is 2.41. The number of benzene rings is 1. The zero-order valence-electron chi connectivity index (χ0n) is 7.46. The summed E-state index contributed by atoms with van der Waals surface area (Å²) in [5.74, 6) is -0.899. The number of nitrogens with one attached hydrogen (secondary N) is 1. The molecule has 0 saturated carbocycles. The number of nitrogens with zero attached hydrogens (tertiary/aromatic N) is 1. The Hall–Kier alpha value is -1.43. The number of hydrogen-bond donors (Lipinski definition) is 1. The van der Waals surface area contributed by atoms with E-state index >= 15 is 0 Å². The molecule has 1 aliphatic heterocycles. The number of halogens is 2. The van der Waals surface area contributed by atoms with E-state index in [1.165, 1.54) is 12.1 Å². The summed E-state index contributed by atoms with van der Waals surface area (Å²) in [6.07, 6.45) is 0. The summed E-state index contributed by atoms with van der Waals surface area (Å²) in [5.41, 5.74) is 0.224. The molecule has 1 saturated heterocycles. The monoisotopic (exact) mass is 272 g/mol. The van der Waals surface area contributed by atoms with E-state index in [0.717, 1.165) is 11.0 Å². The Bertz CT molecular complexity index is 413. The second-order valence-corrected chi connectivity index (χ2v) is 3.93. The van der Waals surface area contributed by atoms with Crippen molar-refractivity contribution in [3.63, 3.8) is 0 Å². The molecule has 2 rings (SSSR count). The van der Waals surface area contributed by atoms with Gasteiger partial charge in [-0.25, -0.2) is 14.1 Å². The van der Waals surface area contributed by atoms with Gasteiger partial charge in [-0.05, 0) is 18.2 Å². The van der Waals surface area contributed by atoms with Crippen molar-refractivity contribution in [1.29, 1.82) is 0 Å². The fourth-order valence-electron chi connectivity index (χ4n) is 1.35. The van der Waals surface area contributed by atoms with E-state index in [2.05, 4.69) is 21.2 Å². The minimum Gasteiger partial charge on any atom is -0.328 e. The third kappa shape index (κ3) is 1.85.